The molecule has 1 aromatic carbocycles. The lowest BCUT2D eigenvalue weighted by Crippen LogP contribution is -2.08. The van der Waals surface area contributed by atoms with E-state index < -0.39 is 0 Å². The second kappa shape index (κ2) is 5.07. The summed E-state index contributed by atoms with van der Waals surface area (Å²) < 4.78 is 2.28. The van der Waals surface area contributed by atoms with Gasteiger partial charge in [-0.25, -0.2) is 4.98 Å². The van der Waals surface area contributed by atoms with Gasteiger partial charge in [-0.3, -0.25) is 24.4 Å². The molecule has 0 amide bonds. The highest BCUT2D eigenvalue weighted by molar-refractivity contribution is 7.17. The maximum atomic E-state index is 12.6. The van der Waals surface area contributed by atoms with Crippen molar-refractivity contribution in [1.29, 1.82) is 0 Å². The highest BCUT2D eigenvalue weighted by Crippen LogP contribution is 2.35. The van der Waals surface area contributed by atoms with E-state index in [9.17, 15) is 14.7 Å². The van der Waals surface area contributed by atoms with Gasteiger partial charge in [-0.05, 0) is 31.5 Å². The molecule has 0 atom stereocenters. The second-order valence-electron chi connectivity index (χ2n) is 5.83. The van der Waals surface area contributed by atoms with Gasteiger partial charge in [-0.1, -0.05) is 23.5 Å². The lowest BCUT2D eigenvalue weighted by Gasteiger charge is -2.09. The van der Waals surface area contributed by atoms with E-state index in [0.29, 0.717) is 32.5 Å². The van der Waals surface area contributed by atoms with Crippen LogP contribution in [-0.2, 0) is 0 Å². The first kappa shape index (κ1) is 14.7. The van der Waals surface area contributed by atoms with E-state index in [0.717, 1.165) is 11.3 Å². The van der Waals surface area contributed by atoms with Gasteiger partial charge in [0.05, 0.1) is 10.1 Å². The summed E-state index contributed by atoms with van der Waals surface area (Å²) in [7, 11) is 0. The zero-order valence-electron chi connectivity index (χ0n) is 13.0. The fourth-order valence-electron chi connectivity index (χ4n) is 2.87. The molecule has 0 aliphatic carbocycles. The number of phenolic OH excluding ortho intramolecular Hbond substituents is 1. The summed E-state index contributed by atoms with van der Waals surface area (Å²) in [6.07, 6.45) is 0. The number of aromatic hydroxyl groups is 1. The minimum absolute atomic E-state index is 0.00235. The average molecular weight is 342 g/mol. The smallest absolute Gasteiger partial charge is 0.306 e. The minimum Gasteiger partial charge on any atom is -0.508 e. The fraction of sp³-hybridized carbons (Fsp3) is 0.188. The third-order valence-electron chi connectivity index (χ3n) is 3.88. The Kier molecular flexibility index (Phi) is 3.10. The Morgan fingerprint density at radius 3 is 2.79 bits per heavy atom. The molecule has 3 heterocycles. The SMILES string of the molecule is CC(C)n1[nH]c(=O)c2c(-c3cccc(O)c3)c3sc(=O)[nH]c3nc21. The monoisotopic (exact) mass is 342 g/mol. The Balaban J connectivity index is 2.26. The zero-order valence-corrected chi connectivity index (χ0v) is 13.8. The van der Waals surface area contributed by atoms with Gasteiger partial charge in [0, 0.05) is 11.6 Å². The Morgan fingerprint density at radius 2 is 2.08 bits per heavy atom. The lowest BCUT2D eigenvalue weighted by molar-refractivity contribution is 0.475. The van der Waals surface area contributed by atoms with Crippen LogP contribution in [-0.4, -0.2) is 24.9 Å². The predicted molar refractivity (Wildman–Crippen MR) is 93.8 cm³/mol. The van der Waals surface area contributed by atoms with Gasteiger partial charge in [0.15, 0.2) is 11.3 Å². The molecule has 3 N–H and O–H groups in total. The van der Waals surface area contributed by atoms with Gasteiger partial charge < -0.3 is 5.11 Å². The molecular weight excluding hydrogens is 328 g/mol. The van der Waals surface area contributed by atoms with Gasteiger partial charge in [-0.15, -0.1) is 0 Å². The zero-order chi connectivity index (χ0) is 17.0. The number of rotatable bonds is 2. The van der Waals surface area contributed by atoms with E-state index in [2.05, 4.69) is 15.1 Å². The first-order valence-corrected chi connectivity index (χ1v) is 8.24. The van der Waals surface area contributed by atoms with Crippen LogP contribution in [0.1, 0.15) is 19.9 Å². The number of phenols is 1. The average Bonchev–Trinajstić information content (AvgIpc) is 3.04. The maximum Gasteiger partial charge on any atom is 0.306 e. The van der Waals surface area contributed by atoms with Crippen molar-refractivity contribution in [2.75, 3.05) is 0 Å². The predicted octanol–water partition coefficient (Wildman–Crippen LogP) is 2.58. The number of H-pyrrole nitrogens is 2. The number of thiazole rings is 1. The summed E-state index contributed by atoms with van der Waals surface area (Å²) in [5.74, 6) is 0.0909. The van der Waals surface area contributed by atoms with Crippen molar-refractivity contribution in [2.45, 2.75) is 19.9 Å². The molecule has 122 valence electrons. The normalized spacial score (nSPS) is 11.8. The van der Waals surface area contributed by atoms with Crippen LogP contribution in [0.2, 0.25) is 0 Å². The molecule has 7 nitrogen and oxygen atoms in total. The molecule has 4 aromatic rings. The van der Waals surface area contributed by atoms with Gasteiger partial charge in [-0.2, -0.15) is 0 Å². The Bertz CT molecular complexity index is 1200. The van der Waals surface area contributed by atoms with E-state index >= 15 is 0 Å². The summed E-state index contributed by atoms with van der Waals surface area (Å²) in [5.41, 5.74) is 1.91. The number of aromatic amines is 2. The van der Waals surface area contributed by atoms with Crippen molar-refractivity contribution in [3.63, 3.8) is 0 Å². The molecule has 0 saturated carbocycles. The summed E-state index contributed by atoms with van der Waals surface area (Å²) in [4.78, 5) is 31.3. The van der Waals surface area contributed by atoms with Crippen molar-refractivity contribution >= 4 is 32.7 Å². The molecule has 3 aromatic heterocycles. The Morgan fingerprint density at radius 1 is 1.29 bits per heavy atom. The number of nitrogens with zero attached hydrogens (tertiary/aromatic N) is 2. The van der Waals surface area contributed by atoms with E-state index in [4.69, 9.17) is 0 Å². The van der Waals surface area contributed by atoms with E-state index in [1.807, 2.05) is 13.8 Å². The molecular formula is C16H14N4O3S. The molecule has 4 rings (SSSR count). The van der Waals surface area contributed by atoms with E-state index in [-0.39, 0.29) is 22.2 Å². The van der Waals surface area contributed by atoms with Gasteiger partial charge in [0.1, 0.15) is 5.75 Å². The summed E-state index contributed by atoms with van der Waals surface area (Å²) in [6, 6.07) is 6.63. The molecule has 0 radical (unpaired) electrons. The highest BCUT2D eigenvalue weighted by atomic mass is 32.1. The van der Waals surface area contributed by atoms with Gasteiger partial charge in [0.2, 0.25) is 0 Å². The maximum absolute atomic E-state index is 12.6. The topological polar surface area (TPSA) is 104 Å². The van der Waals surface area contributed by atoms with Crippen LogP contribution in [0.5, 0.6) is 5.75 Å². The third kappa shape index (κ3) is 2.07. The first-order chi connectivity index (χ1) is 11.5. The molecule has 0 saturated heterocycles. The number of hydrogen-bond donors (Lipinski definition) is 3. The van der Waals surface area contributed by atoms with Crippen LogP contribution in [0.25, 0.3) is 32.5 Å². The van der Waals surface area contributed by atoms with Crippen molar-refractivity contribution < 1.29 is 5.11 Å². The molecule has 8 heteroatoms. The van der Waals surface area contributed by atoms with Crippen LogP contribution >= 0.6 is 11.3 Å². The van der Waals surface area contributed by atoms with Crippen molar-refractivity contribution in [2.24, 2.45) is 0 Å². The summed E-state index contributed by atoms with van der Waals surface area (Å²) >= 11 is 1.00. The number of nitrogens with one attached hydrogen (secondary N) is 2. The summed E-state index contributed by atoms with van der Waals surface area (Å²) in [5, 5.41) is 13.0. The Labute approximate surface area is 139 Å². The fourth-order valence-corrected chi connectivity index (χ4v) is 3.72. The van der Waals surface area contributed by atoms with Crippen LogP contribution in [0, 0.1) is 0 Å². The number of pyridine rings is 1. The molecule has 0 aliphatic heterocycles. The molecule has 0 fully saturated rings. The van der Waals surface area contributed by atoms with Crippen LogP contribution in [0.4, 0.5) is 0 Å². The second-order valence-corrected chi connectivity index (χ2v) is 6.82. The molecule has 0 spiro atoms. The van der Waals surface area contributed by atoms with E-state index in [1.54, 1.807) is 28.9 Å². The standard InChI is InChI=1S/C16H14N4O3S/c1-7(2)20-14-11(15(22)19-20)10(8-4-3-5-9(21)6-8)12-13(17-14)18-16(23)24-12/h3-7,21H,1-2H3,(H,19,22)(H,17,18,23). The largest absolute Gasteiger partial charge is 0.508 e. The van der Waals surface area contributed by atoms with Crippen LogP contribution in [0.15, 0.2) is 33.9 Å². The Hall–Kier alpha value is -2.87. The molecule has 24 heavy (non-hydrogen) atoms. The quantitative estimate of drug-likeness (QED) is 0.521. The first-order valence-electron chi connectivity index (χ1n) is 7.42. The van der Waals surface area contributed by atoms with Crippen LogP contribution < -0.4 is 10.4 Å². The van der Waals surface area contributed by atoms with E-state index in [1.165, 1.54) is 0 Å². The van der Waals surface area contributed by atoms with Crippen LogP contribution in [0.3, 0.4) is 0 Å². The molecule has 0 bridgehead atoms. The van der Waals surface area contributed by atoms with Gasteiger partial charge in [0.25, 0.3) is 5.56 Å². The van der Waals surface area contributed by atoms with Crippen molar-refractivity contribution in [3.05, 3.63) is 44.3 Å². The lowest BCUT2D eigenvalue weighted by atomic mass is 10.0. The number of aromatic nitrogens is 4. The number of benzene rings is 1. The van der Waals surface area contributed by atoms with Crippen molar-refractivity contribution in [3.8, 4) is 16.9 Å². The molecule has 0 unspecified atom stereocenters. The highest BCUT2D eigenvalue weighted by Gasteiger charge is 2.21. The number of hydrogen-bond acceptors (Lipinski definition) is 5. The molecule has 0 aliphatic rings. The van der Waals surface area contributed by atoms with Gasteiger partial charge >= 0.3 is 4.87 Å². The number of fused-ring (bicyclic) bond motifs is 2. The summed E-state index contributed by atoms with van der Waals surface area (Å²) in [6.45, 7) is 3.87. The third-order valence-corrected chi connectivity index (χ3v) is 4.77. The minimum atomic E-state index is -0.271. The van der Waals surface area contributed by atoms with Crippen molar-refractivity contribution in [1.82, 2.24) is 19.7 Å².